The molecule has 8 heteroatoms. The van der Waals surface area contributed by atoms with Crippen molar-refractivity contribution in [3.63, 3.8) is 0 Å². The number of nitrogens with one attached hydrogen (secondary N) is 1. The molecule has 26 heavy (non-hydrogen) atoms. The number of ether oxygens (including phenoxy) is 1. The van der Waals surface area contributed by atoms with Gasteiger partial charge < -0.3 is 4.74 Å². The fourth-order valence-corrected chi connectivity index (χ4v) is 3.32. The van der Waals surface area contributed by atoms with E-state index in [0.29, 0.717) is 27.8 Å². The van der Waals surface area contributed by atoms with Crippen LogP contribution in [-0.2, 0) is 9.53 Å². The number of esters is 1. The smallest absolute Gasteiger partial charge is 0.316 e. The van der Waals surface area contributed by atoms with E-state index in [-0.39, 0.29) is 22.7 Å². The molecule has 0 amide bonds. The Morgan fingerprint density at radius 3 is 2.62 bits per heavy atom. The molecule has 1 aromatic carbocycles. The minimum absolute atomic E-state index is 0.0124. The van der Waals surface area contributed by atoms with Crippen LogP contribution in [0, 0.1) is 22.7 Å². The predicted molar refractivity (Wildman–Crippen MR) is 99.3 cm³/mol. The van der Waals surface area contributed by atoms with Crippen LogP contribution in [0.5, 0.6) is 0 Å². The first-order chi connectivity index (χ1) is 12.5. The number of nitrogen functional groups attached to an aromatic ring is 1. The van der Waals surface area contributed by atoms with Gasteiger partial charge in [0.1, 0.15) is 23.3 Å². The van der Waals surface area contributed by atoms with Crippen LogP contribution in [0.2, 0.25) is 5.02 Å². The second kappa shape index (κ2) is 9.10. The average molecular weight is 388 g/mol. The number of rotatable bonds is 6. The fourth-order valence-electron chi connectivity index (χ4n) is 2.27. The van der Waals surface area contributed by atoms with Crippen molar-refractivity contribution in [2.24, 2.45) is 0 Å². The van der Waals surface area contributed by atoms with Crippen molar-refractivity contribution in [3.8, 4) is 23.3 Å². The third-order valence-electron chi connectivity index (χ3n) is 3.41. The minimum Gasteiger partial charge on any atom is -0.465 e. The third kappa shape index (κ3) is 4.26. The Hall–Kier alpha value is -2.74. The zero-order chi connectivity index (χ0) is 19.1. The lowest BCUT2D eigenvalue weighted by atomic mass is 9.97. The highest BCUT2D eigenvalue weighted by molar-refractivity contribution is 7.99. The Kier molecular flexibility index (Phi) is 6.85. The Bertz CT molecular complexity index is 919. The van der Waals surface area contributed by atoms with Crippen molar-refractivity contribution < 1.29 is 14.5 Å². The van der Waals surface area contributed by atoms with Gasteiger partial charge in [-0.15, -0.1) is 0 Å². The molecule has 0 aliphatic rings. The number of nitrogens with two attached hydrogens (primary N) is 1. The fraction of sp³-hybridized carbons (Fsp3) is 0.222. The molecular formula is C18H16ClN4O2S+. The minimum atomic E-state index is -0.392. The molecule has 1 heterocycles. The van der Waals surface area contributed by atoms with E-state index in [0.717, 1.165) is 18.2 Å². The summed E-state index contributed by atoms with van der Waals surface area (Å²) in [6, 6.07) is 11.0. The molecule has 6 nitrogen and oxygen atoms in total. The molecule has 0 aliphatic carbocycles. The maximum absolute atomic E-state index is 11.7. The molecule has 1 aromatic heterocycles. The molecule has 0 bridgehead atoms. The van der Waals surface area contributed by atoms with Crippen LogP contribution >= 0.6 is 23.4 Å². The van der Waals surface area contributed by atoms with Gasteiger partial charge in [0.05, 0.1) is 12.4 Å². The first-order valence-corrected chi connectivity index (χ1v) is 9.12. The summed E-state index contributed by atoms with van der Waals surface area (Å²) in [6.07, 6.45) is 0.729. The highest BCUT2D eigenvalue weighted by Crippen LogP contribution is 2.37. The third-order valence-corrected chi connectivity index (χ3v) is 4.72. The highest BCUT2D eigenvalue weighted by Gasteiger charge is 2.25. The van der Waals surface area contributed by atoms with Gasteiger partial charge in [0.15, 0.2) is 5.03 Å². The standard InChI is InChI=1S/C18H15ClN4O2S/c1-2-7-25-15(24)10-26-18-13(9-21)16(12(8-20)17(22)23-18)11-5-3-4-6-14(11)19/h3-6H,2,7,10H2,1H3,(H2,22,23)/p+1. The lowest BCUT2D eigenvalue weighted by Gasteiger charge is -2.11. The molecule has 0 unspecified atom stereocenters. The van der Waals surface area contributed by atoms with Crippen LogP contribution in [0.1, 0.15) is 24.5 Å². The van der Waals surface area contributed by atoms with E-state index in [1.54, 1.807) is 24.3 Å². The van der Waals surface area contributed by atoms with Gasteiger partial charge in [0.2, 0.25) is 0 Å². The summed E-state index contributed by atoms with van der Waals surface area (Å²) in [5.41, 5.74) is 7.18. The van der Waals surface area contributed by atoms with E-state index in [9.17, 15) is 15.3 Å². The number of pyridine rings is 1. The SMILES string of the molecule is CCCOC(=O)CSc1[nH+]c(N)c(C#N)c(-c2ccccc2Cl)c1C#N. The van der Waals surface area contributed by atoms with Crippen molar-refractivity contribution in [3.05, 3.63) is 40.4 Å². The number of carbonyl (C=O) groups excluding carboxylic acids is 1. The molecule has 0 saturated heterocycles. The Morgan fingerprint density at radius 2 is 2.00 bits per heavy atom. The first kappa shape index (κ1) is 19.6. The lowest BCUT2D eigenvalue weighted by molar-refractivity contribution is -0.410. The van der Waals surface area contributed by atoms with Crippen LogP contribution in [0.3, 0.4) is 0 Å². The summed E-state index contributed by atoms with van der Waals surface area (Å²) < 4.78 is 5.03. The van der Waals surface area contributed by atoms with Gasteiger partial charge in [-0.05, 0) is 12.5 Å². The maximum Gasteiger partial charge on any atom is 0.316 e. The number of H-pyrrole nitrogens is 1. The average Bonchev–Trinajstić information content (AvgIpc) is 2.64. The Labute approximate surface area is 160 Å². The van der Waals surface area contributed by atoms with Crippen LogP contribution in [0.15, 0.2) is 29.3 Å². The number of hydrogen-bond donors (Lipinski definition) is 1. The zero-order valence-corrected chi connectivity index (χ0v) is 15.6. The number of nitriles is 2. The lowest BCUT2D eigenvalue weighted by Crippen LogP contribution is -2.20. The van der Waals surface area contributed by atoms with E-state index in [1.165, 1.54) is 0 Å². The van der Waals surface area contributed by atoms with E-state index in [4.69, 9.17) is 22.1 Å². The molecule has 2 aromatic rings. The quantitative estimate of drug-likeness (QED) is 0.601. The Balaban J connectivity index is 2.53. The van der Waals surface area contributed by atoms with Gasteiger partial charge in [-0.3, -0.25) is 10.5 Å². The number of aromatic nitrogens is 1. The van der Waals surface area contributed by atoms with Crippen LogP contribution < -0.4 is 10.7 Å². The van der Waals surface area contributed by atoms with E-state index >= 15 is 0 Å². The topological polar surface area (TPSA) is 114 Å². The maximum atomic E-state index is 11.7. The summed E-state index contributed by atoms with van der Waals surface area (Å²) in [6.45, 7) is 2.24. The van der Waals surface area contributed by atoms with Gasteiger partial charge in [0, 0.05) is 16.1 Å². The Morgan fingerprint density at radius 1 is 1.31 bits per heavy atom. The summed E-state index contributed by atoms with van der Waals surface area (Å²) in [5, 5.41) is 19.9. The first-order valence-electron chi connectivity index (χ1n) is 7.75. The van der Waals surface area contributed by atoms with Crippen LogP contribution in [0.4, 0.5) is 5.82 Å². The number of anilines is 1. The van der Waals surface area contributed by atoms with E-state index in [2.05, 4.69) is 11.1 Å². The second-order valence-corrected chi connectivity index (χ2v) is 6.60. The van der Waals surface area contributed by atoms with Gasteiger partial charge >= 0.3 is 5.97 Å². The monoisotopic (exact) mass is 387 g/mol. The molecular weight excluding hydrogens is 372 g/mol. The molecule has 0 radical (unpaired) electrons. The molecule has 0 spiro atoms. The largest absolute Gasteiger partial charge is 0.465 e. The van der Waals surface area contributed by atoms with Crippen molar-refractivity contribution in [2.75, 3.05) is 18.1 Å². The van der Waals surface area contributed by atoms with E-state index in [1.807, 2.05) is 13.0 Å². The normalized spacial score (nSPS) is 10.0. The number of carbonyl (C=O) groups is 1. The number of nitrogens with zero attached hydrogens (tertiary/aromatic N) is 2. The molecule has 132 valence electrons. The number of aromatic amines is 1. The number of halogens is 1. The van der Waals surface area contributed by atoms with Crippen molar-refractivity contribution in [1.82, 2.24) is 0 Å². The van der Waals surface area contributed by atoms with Crippen molar-refractivity contribution >= 4 is 35.1 Å². The van der Waals surface area contributed by atoms with Crippen molar-refractivity contribution in [1.29, 1.82) is 10.5 Å². The molecule has 0 fully saturated rings. The van der Waals surface area contributed by atoms with Gasteiger partial charge in [-0.25, -0.2) is 4.98 Å². The summed E-state index contributed by atoms with van der Waals surface area (Å²) in [7, 11) is 0. The van der Waals surface area contributed by atoms with E-state index < -0.39 is 5.97 Å². The predicted octanol–water partition coefficient (Wildman–Crippen LogP) is 3.19. The van der Waals surface area contributed by atoms with Gasteiger partial charge in [-0.1, -0.05) is 48.5 Å². The molecule has 3 N–H and O–H groups in total. The summed E-state index contributed by atoms with van der Waals surface area (Å²) in [4.78, 5) is 14.6. The summed E-state index contributed by atoms with van der Waals surface area (Å²) >= 11 is 7.35. The highest BCUT2D eigenvalue weighted by atomic mass is 35.5. The summed E-state index contributed by atoms with van der Waals surface area (Å²) in [5.74, 6) is -0.277. The van der Waals surface area contributed by atoms with Gasteiger partial charge in [0.25, 0.3) is 5.82 Å². The van der Waals surface area contributed by atoms with Crippen LogP contribution in [-0.4, -0.2) is 18.3 Å². The number of thioether (sulfide) groups is 1. The number of benzene rings is 1. The molecule has 0 aliphatic heterocycles. The second-order valence-electron chi connectivity index (χ2n) is 5.21. The zero-order valence-electron chi connectivity index (χ0n) is 14.0. The molecule has 2 rings (SSSR count). The van der Waals surface area contributed by atoms with Crippen molar-refractivity contribution in [2.45, 2.75) is 18.4 Å². The number of hydrogen-bond acceptors (Lipinski definition) is 6. The van der Waals surface area contributed by atoms with Crippen LogP contribution in [0.25, 0.3) is 11.1 Å². The molecule has 0 atom stereocenters. The van der Waals surface area contributed by atoms with Gasteiger partial charge in [-0.2, -0.15) is 10.5 Å². The molecule has 0 saturated carbocycles.